The highest BCUT2D eigenvalue weighted by atomic mass is 79.9. The van der Waals surface area contributed by atoms with Crippen LogP contribution >= 0.6 is 15.9 Å². The number of halogens is 1. The molecule has 0 saturated heterocycles. The van der Waals surface area contributed by atoms with Gasteiger partial charge in [-0.15, -0.1) is 0 Å². The Morgan fingerprint density at radius 3 is 2.77 bits per heavy atom. The van der Waals surface area contributed by atoms with E-state index in [0.29, 0.717) is 10.3 Å². The molecule has 1 aromatic heterocycles. The molecule has 0 aliphatic carbocycles. The number of furan rings is 1. The zero-order chi connectivity index (χ0) is 9.42. The fourth-order valence-corrected chi connectivity index (χ4v) is 1.63. The third-order valence-electron chi connectivity index (χ3n) is 1.98. The molecule has 66 valence electrons. The van der Waals surface area contributed by atoms with E-state index in [1.165, 1.54) is 6.07 Å². The summed E-state index contributed by atoms with van der Waals surface area (Å²) in [6.45, 7) is 1.91. The first kappa shape index (κ1) is 8.51. The zero-order valence-corrected chi connectivity index (χ0v) is 8.59. The van der Waals surface area contributed by atoms with Crippen LogP contribution in [0.5, 0.6) is 0 Å². The van der Waals surface area contributed by atoms with Crippen molar-refractivity contribution in [2.45, 2.75) is 6.92 Å². The molecule has 0 aliphatic heterocycles. The van der Waals surface area contributed by atoms with Gasteiger partial charge in [-0.05, 0) is 28.9 Å². The summed E-state index contributed by atoms with van der Waals surface area (Å²) >= 11 is 3.25. The topological polar surface area (TPSA) is 30.2 Å². The standard InChI is InChI=1S/C10H7BrO2/c1-6-7-4-2-3-5-8(12)9(7)13-10(6)11/h2-5H,1H3. The Bertz CT molecular complexity index is 514. The van der Waals surface area contributed by atoms with E-state index in [1.807, 2.05) is 19.1 Å². The van der Waals surface area contributed by atoms with Crippen LogP contribution in [0.2, 0.25) is 0 Å². The quantitative estimate of drug-likeness (QED) is 0.707. The predicted octanol–water partition coefficient (Wildman–Crippen LogP) is 2.86. The highest BCUT2D eigenvalue weighted by Crippen LogP contribution is 2.26. The lowest BCUT2D eigenvalue weighted by atomic mass is 10.2. The van der Waals surface area contributed by atoms with Crippen LogP contribution < -0.4 is 5.43 Å². The van der Waals surface area contributed by atoms with Gasteiger partial charge in [-0.1, -0.05) is 18.2 Å². The van der Waals surface area contributed by atoms with Crippen molar-refractivity contribution in [3.63, 3.8) is 0 Å². The lowest BCUT2D eigenvalue weighted by Gasteiger charge is -1.80. The van der Waals surface area contributed by atoms with Gasteiger partial charge >= 0.3 is 0 Å². The summed E-state index contributed by atoms with van der Waals surface area (Å²) in [5.74, 6) is 0. The summed E-state index contributed by atoms with van der Waals surface area (Å²) in [6, 6.07) is 6.92. The molecule has 2 nitrogen and oxygen atoms in total. The maximum absolute atomic E-state index is 11.4. The van der Waals surface area contributed by atoms with E-state index in [1.54, 1.807) is 6.07 Å². The van der Waals surface area contributed by atoms with E-state index < -0.39 is 0 Å². The molecule has 0 amide bonds. The predicted molar refractivity (Wildman–Crippen MR) is 54.9 cm³/mol. The fraction of sp³-hybridized carbons (Fsp3) is 0.100. The van der Waals surface area contributed by atoms with Gasteiger partial charge in [0.25, 0.3) is 0 Å². The van der Waals surface area contributed by atoms with Gasteiger partial charge in [0.05, 0.1) is 0 Å². The average molecular weight is 239 g/mol. The van der Waals surface area contributed by atoms with E-state index in [-0.39, 0.29) is 5.43 Å². The number of rotatable bonds is 0. The maximum Gasteiger partial charge on any atom is 0.221 e. The van der Waals surface area contributed by atoms with Crippen molar-refractivity contribution in [3.05, 3.63) is 44.7 Å². The van der Waals surface area contributed by atoms with Crippen molar-refractivity contribution in [1.29, 1.82) is 0 Å². The van der Waals surface area contributed by atoms with Crippen molar-refractivity contribution in [2.75, 3.05) is 0 Å². The Morgan fingerprint density at radius 2 is 2.00 bits per heavy atom. The highest BCUT2D eigenvalue weighted by Gasteiger charge is 2.08. The monoisotopic (exact) mass is 238 g/mol. The first-order valence-corrected chi connectivity index (χ1v) is 4.67. The largest absolute Gasteiger partial charge is 0.445 e. The van der Waals surface area contributed by atoms with Crippen LogP contribution in [0.4, 0.5) is 0 Å². The van der Waals surface area contributed by atoms with Gasteiger partial charge < -0.3 is 4.42 Å². The Kier molecular flexibility index (Phi) is 1.96. The number of aryl methyl sites for hydroxylation is 1. The molecule has 0 aliphatic rings. The molecule has 0 atom stereocenters. The summed E-state index contributed by atoms with van der Waals surface area (Å²) in [5, 5.41) is 0.863. The third kappa shape index (κ3) is 1.29. The van der Waals surface area contributed by atoms with E-state index in [4.69, 9.17) is 4.42 Å². The molecule has 1 heterocycles. The smallest absolute Gasteiger partial charge is 0.221 e. The Balaban J connectivity index is 3.08. The summed E-state index contributed by atoms with van der Waals surface area (Å²) < 4.78 is 5.92. The van der Waals surface area contributed by atoms with Crippen molar-refractivity contribution < 1.29 is 4.42 Å². The molecule has 0 unspecified atom stereocenters. The molecule has 0 bridgehead atoms. The summed E-state index contributed by atoms with van der Waals surface area (Å²) in [7, 11) is 0. The van der Waals surface area contributed by atoms with Crippen LogP contribution in [0.15, 0.2) is 38.1 Å². The number of fused-ring (bicyclic) bond motifs is 1. The van der Waals surface area contributed by atoms with Gasteiger partial charge in [0, 0.05) is 10.9 Å². The third-order valence-corrected chi connectivity index (χ3v) is 2.74. The van der Waals surface area contributed by atoms with Crippen molar-refractivity contribution in [3.8, 4) is 0 Å². The van der Waals surface area contributed by atoms with Crippen LogP contribution in [-0.4, -0.2) is 0 Å². The van der Waals surface area contributed by atoms with Crippen LogP contribution in [0.3, 0.4) is 0 Å². The second-order valence-corrected chi connectivity index (χ2v) is 3.55. The van der Waals surface area contributed by atoms with Crippen LogP contribution in [0.25, 0.3) is 11.0 Å². The Morgan fingerprint density at radius 1 is 1.31 bits per heavy atom. The molecule has 0 spiro atoms. The lowest BCUT2D eigenvalue weighted by molar-refractivity contribution is 0.581. The van der Waals surface area contributed by atoms with Crippen LogP contribution in [-0.2, 0) is 0 Å². The second-order valence-electron chi connectivity index (χ2n) is 2.83. The first-order chi connectivity index (χ1) is 6.20. The van der Waals surface area contributed by atoms with E-state index in [2.05, 4.69) is 15.9 Å². The van der Waals surface area contributed by atoms with Gasteiger partial charge in [-0.2, -0.15) is 0 Å². The van der Waals surface area contributed by atoms with Crippen LogP contribution in [0.1, 0.15) is 5.56 Å². The van der Waals surface area contributed by atoms with Gasteiger partial charge in [0.1, 0.15) is 0 Å². The molecule has 0 radical (unpaired) electrons. The zero-order valence-electron chi connectivity index (χ0n) is 7.00. The SMILES string of the molecule is Cc1c(Br)oc2c(=O)ccccc12. The second kappa shape index (κ2) is 3.00. The summed E-state index contributed by atoms with van der Waals surface area (Å²) in [4.78, 5) is 11.4. The van der Waals surface area contributed by atoms with Gasteiger partial charge in [-0.25, -0.2) is 0 Å². The first-order valence-electron chi connectivity index (χ1n) is 3.88. The highest BCUT2D eigenvalue weighted by molar-refractivity contribution is 9.10. The maximum atomic E-state index is 11.4. The molecule has 0 N–H and O–H groups in total. The Labute approximate surface area is 83.3 Å². The molecule has 0 saturated carbocycles. The Hall–Kier alpha value is -1.09. The van der Waals surface area contributed by atoms with Crippen molar-refractivity contribution in [1.82, 2.24) is 0 Å². The molecule has 0 fully saturated rings. The average Bonchev–Trinajstić information content (AvgIpc) is 2.30. The van der Waals surface area contributed by atoms with Crippen LogP contribution in [0, 0.1) is 6.92 Å². The fourth-order valence-electron chi connectivity index (χ4n) is 1.25. The van der Waals surface area contributed by atoms with Gasteiger partial charge in [-0.3, -0.25) is 4.79 Å². The summed E-state index contributed by atoms with van der Waals surface area (Å²) in [6.07, 6.45) is 0. The van der Waals surface area contributed by atoms with Crippen molar-refractivity contribution >= 4 is 26.9 Å². The minimum Gasteiger partial charge on any atom is -0.445 e. The number of hydrogen-bond acceptors (Lipinski definition) is 2. The molecule has 2 aromatic rings. The van der Waals surface area contributed by atoms with Gasteiger partial charge in [0.2, 0.25) is 5.43 Å². The van der Waals surface area contributed by atoms with E-state index in [9.17, 15) is 4.79 Å². The van der Waals surface area contributed by atoms with Gasteiger partial charge in [0.15, 0.2) is 10.3 Å². The molecule has 2 rings (SSSR count). The minimum absolute atomic E-state index is 0.0891. The molecular weight excluding hydrogens is 232 g/mol. The lowest BCUT2D eigenvalue weighted by Crippen LogP contribution is -1.91. The normalized spacial score (nSPS) is 10.6. The van der Waals surface area contributed by atoms with E-state index >= 15 is 0 Å². The molecule has 13 heavy (non-hydrogen) atoms. The molecule has 3 heteroatoms. The molecule has 1 aromatic carbocycles. The number of hydrogen-bond donors (Lipinski definition) is 0. The minimum atomic E-state index is -0.0891. The molecular formula is C10H7BrO2. The van der Waals surface area contributed by atoms with E-state index in [0.717, 1.165) is 10.9 Å². The van der Waals surface area contributed by atoms with Crippen molar-refractivity contribution in [2.24, 2.45) is 0 Å². The summed E-state index contributed by atoms with van der Waals surface area (Å²) in [5.41, 5.74) is 1.28.